The molecule has 1 unspecified atom stereocenters. The van der Waals surface area contributed by atoms with Gasteiger partial charge in [-0.15, -0.1) is 0 Å². The molecule has 1 aliphatic heterocycles. The Kier molecular flexibility index (Phi) is 7.66. The smallest absolute Gasteiger partial charge is 0.235 e. The van der Waals surface area contributed by atoms with Gasteiger partial charge >= 0.3 is 0 Å². The van der Waals surface area contributed by atoms with Crippen LogP contribution in [0.1, 0.15) is 32.7 Å². The van der Waals surface area contributed by atoms with Gasteiger partial charge in [-0.2, -0.15) is 9.40 Å². The molecule has 188 valence electrons. The van der Waals surface area contributed by atoms with Crippen LogP contribution in [0, 0.1) is 0 Å². The lowest BCUT2D eigenvalue weighted by Gasteiger charge is -2.31. The van der Waals surface area contributed by atoms with Crippen LogP contribution in [0.5, 0.6) is 11.5 Å². The predicted octanol–water partition coefficient (Wildman–Crippen LogP) is 5.00. The fourth-order valence-electron chi connectivity index (χ4n) is 4.21. The third-order valence-corrected chi connectivity index (χ3v) is 7.37. The summed E-state index contributed by atoms with van der Waals surface area (Å²) >= 11 is 0. The van der Waals surface area contributed by atoms with Gasteiger partial charge in [0.1, 0.15) is 29.3 Å². The number of nitrogens with zero attached hydrogens (tertiary/aromatic N) is 5. The minimum Gasteiger partial charge on any atom is -0.457 e. The van der Waals surface area contributed by atoms with Gasteiger partial charge in [0.2, 0.25) is 10.0 Å². The third kappa shape index (κ3) is 5.09. The number of hydrogen-bond donors (Lipinski definition) is 1. The lowest BCUT2D eigenvalue weighted by Crippen LogP contribution is -2.40. The molecule has 2 N–H and O–H groups in total. The summed E-state index contributed by atoms with van der Waals surface area (Å²) in [5, 5.41) is 6.48. The Balaban J connectivity index is 0.00000148. The summed E-state index contributed by atoms with van der Waals surface area (Å²) in [5.74, 6) is 1.77. The van der Waals surface area contributed by atoms with Crippen LogP contribution in [-0.4, -0.2) is 45.6 Å². The Morgan fingerprint density at radius 2 is 1.75 bits per heavy atom. The number of aromatic nitrogens is 4. The van der Waals surface area contributed by atoms with Crippen LogP contribution in [0.25, 0.3) is 22.3 Å². The molecule has 1 saturated heterocycles. The van der Waals surface area contributed by atoms with E-state index in [2.05, 4.69) is 16.5 Å². The van der Waals surface area contributed by atoms with Crippen LogP contribution in [-0.2, 0) is 10.0 Å². The molecule has 1 atom stereocenters. The number of piperidine rings is 1. The van der Waals surface area contributed by atoms with Crippen molar-refractivity contribution in [3.63, 3.8) is 0 Å². The third-order valence-electron chi connectivity index (χ3n) is 5.90. The standard InChI is InChI=1S/C24H24N6O3S.C2H6/c1-2-34(31,32)29-14-6-7-18(15-29)30-24-21(23(25)26-16-27-24)22(28-30)17-10-12-20(13-11-17)33-19-8-4-3-5-9-19;1-2/h2-5,8-13,16,18H,1,6-7,14-15H2,(H2,25,26,27);1-2H3. The molecule has 0 saturated carbocycles. The number of nitrogens with two attached hydrogens (primary N) is 1. The summed E-state index contributed by atoms with van der Waals surface area (Å²) in [4.78, 5) is 8.60. The highest BCUT2D eigenvalue weighted by molar-refractivity contribution is 7.92. The van der Waals surface area contributed by atoms with Gasteiger partial charge in [-0.25, -0.2) is 23.1 Å². The highest BCUT2D eigenvalue weighted by Crippen LogP contribution is 2.35. The first kappa shape index (κ1) is 25.3. The van der Waals surface area contributed by atoms with Crippen LogP contribution in [0.4, 0.5) is 5.82 Å². The first-order valence-electron chi connectivity index (χ1n) is 11.9. The molecule has 1 fully saturated rings. The number of anilines is 1. The molecule has 4 aromatic rings. The lowest BCUT2D eigenvalue weighted by atomic mass is 10.1. The van der Waals surface area contributed by atoms with E-state index in [1.54, 1.807) is 4.68 Å². The molecule has 0 amide bonds. The van der Waals surface area contributed by atoms with Gasteiger partial charge < -0.3 is 10.5 Å². The molecule has 10 heteroatoms. The number of ether oxygens (including phenoxy) is 1. The molecule has 2 aromatic carbocycles. The molecule has 1 aliphatic rings. The largest absolute Gasteiger partial charge is 0.457 e. The maximum absolute atomic E-state index is 12.4. The number of sulfonamides is 1. The van der Waals surface area contributed by atoms with Gasteiger partial charge in [-0.3, -0.25) is 0 Å². The van der Waals surface area contributed by atoms with Crippen LogP contribution in [0.3, 0.4) is 0 Å². The van der Waals surface area contributed by atoms with Crippen molar-refractivity contribution in [3.8, 4) is 22.8 Å². The van der Waals surface area contributed by atoms with E-state index in [0.717, 1.165) is 23.1 Å². The molecule has 36 heavy (non-hydrogen) atoms. The zero-order chi connectivity index (χ0) is 25.7. The van der Waals surface area contributed by atoms with Crippen molar-refractivity contribution in [2.45, 2.75) is 32.7 Å². The number of para-hydroxylation sites is 1. The fraction of sp³-hybridized carbons (Fsp3) is 0.269. The van der Waals surface area contributed by atoms with Gasteiger partial charge in [0.25, 0.3) is 0 Å². The van der Waals surface area contributed by atoms with E-state index >= 15 is 0 Å². The fourth-order valence-corrected chi connectivity index (χ4v) is 5.19. The van der Waals surface area contributed by atoms with E-state index in [1.807, 2.05) is 68.4 Å². The number of benzene rings is 2. The molecule has 0 aliphatic carbocycles. The average Bonchev–Trinajstić information content (AvgIpc) is 3.32. The van der Waals surface area contributed by atoms with Gasteiger partial charge in [-0.05, 0) is 49.2 Å². The van der Waals surface area contributed by atoms with Crippen LogP contribution < -0.4 is 10.5 Å². The number of hydrogen-bond acceptors (Lipinski definition) is 7. The van der Waals surface area contributed by atoms with Gasteiger partial charge in [0.15, 0.2) is 5.65 Å². The summed E-state index contributed by atoms with van der Waals surface area (Å²) in [5.41, 5.74) is 8.29. The zero-order valence-corrected chi connectivity index (χ0v) is 21.2. The number of nitrogen functional groups attached to an aromatic ring is 1. The molecule has 5 rings (SSSR count). The van der Waals surface area contributed by atoms with Crippen molar-refractivity contribution < 1.29 is 13.2 Å². The molecular weight excluding hydrogens is 476 g/mol. The highest BCUT2D eigenvalue weighted by atomic mass is 32.2. The number of rotatable bonds is 6. The molecule has 9 nitrogen and oxygen atoms in total. The van der Waals surface area contributed by atoms with Gasteiger partial charge in [-0.1, -0.05) is 38.6 Å². The summed E-state index contributed by atoms with van der Waals surface area (Å²) in [6.07, 6.45) is 2.88. The second-order valence-corrected chi connectivity index (χ2v) is 9.94. The topological polar surface area (TPSA) is 116 Å². The minimum absolute atomic E-state index is 0.185. The Morgan fingerprint density at radius 3 is 2.44 bits per heavy atom. The van der Waals surface area contributed by atoms with E-state index in [0.29, 0.717) is 47.8 Å². The first-order chi connectivity index (χ1) is 17.5. The molecule has 0 radical (unpaired) electrons. The Bertz CT molecular complexity index is 1440. The quantitative estimate of drug-likeness (QED) is 0.391. The zero-order valence-electron chi connectivity index (χ0n) is 20.4. The molecule has 2 aromatic heterocycles. The van der Waals surface area contributed by atoms with Crippen molar-refractivity contribution in [3.05, 3.63) is 72.9 Å². The Morgan fingerprint density at radius 1 is 1.06 bits per heavy atom. The first-order valence-corrected chi connectivity index (χ1v) is 13.4. The van der Waals surface area contributed by atoms with Gasteiger partial charge in [0.05, 0.1) is 11.4 Å². The summed E-state index contributed by atoms with van der Waals surface area (Å²) in [6.45, 7) is 8.19. The summed E-state index contributed by atoms with van der Waals surface area (Å²) < 4.78 is 33.8. The number of fused-ring (bicyclic) bond motifs is 1. The van der Waals surface area contributed by atoms with E-state index in [4.69, 9.17) is 15.6 Å². The maximum atomic E-state index is 12.4. The van der Waals surface area contributed by atoms with Crippen LogP contribution >= 0.6 is 0 Å². The monoisotopic (exact) mass is 506 g/mol. The minimum atomic E-state index is -3.51. The van der Waals surface area contributed by atoms with Crippen LogP contribution in [0.2, 0.25) is 0 Å². The van der Waals surface area contributed by atoms with Crippen molar-refractivity contribution >= 4 is 26.9 Å². The van der Waals surface area contributed by atoms with E-state index in [1.165, 1.54) is 10.6 Å². The van der Waals surface area contributed by atoms with E-state index in [9.17, 15) is 8.42 Å². The highest BCUT2D eigenvalue weighted by Gasteiger charge is 2.30. The summed E-state index contributed by atoms with van der Waals surface area (Å²) in [7, 11) is -3.51. The molecule has 0 spiro atoms. The maximum Gasteiger partial charge on any atom is 0.235 e. The molecule has 3 heterocycles. The van der Waals surface area contributed by atoms with Crippen molar-refractivity contribution in [1.82, 2.24) is 24.1 Å². The van der Waals surface area contributed by atoms with Crippen molar-refractivity contribution in [1.29, 1.82) is 0 Å². The Labute approximate surface area is 211 Å². The lowest BCUT2D eigenvalue weighted by molar-refractivity contribution is 0.260. The average molecular weight is 507 g/mol. The SMILES string of the molecule is C=CS(=O)(=O)N1CCCC(n2nc(-c3ccc(Oc4ccccc4)cc3)c3c(N)ncnc32)C1.CC. The normalized spacial score (nSPS) is 16.2. The van der Waals surface area contributed by atoms with E-state index < -0.39 is 10.0 Å². The van der Waals surface area contributed by atoms with Gasteiger partial charge in [0, 0.05) is 24.1 Å². The Hall–Kier alpha value is -3.76. The summed E-state index contributed by atoms with van der Waals surface area (Å²) in [6, 6.07) is 16.9. The second-order valence-electron chi connectivity index (χ2n) is 8.06. The second kappa shape index (κ2) is 10.9. The van der Waals surface area contributed by atoms with Crippen LogP contribution in [0.15, 0.2) is 72.9 Å². The van der Waals surface area contributed by atoms with E-state index in [-0.39, 0.29) is 6.04 Å². The van der Waals surface area contributed by atoms with Crippen molar-refractivity contribution in [2.75, 3.05) is 18.8 Å². The molecular formula is C26H30N6O3S. The molecule has 0 bridgehead atoms. The predicted molar refractivity (Wildman–Crippen MR) is 142 cm³/mol. The van der Waals surface area contributed by atoms with Crippen molar-refractivity contribution in [2.24, 2.45) is 0 Å².